The Labute approximate surface area is 153 Å². The topological polar surface area (TPSA) is 73.6 Å². The molecule has 1 heterocycles. The molecule has 0 fully saturated rings. The lowest BCUT2D eigenvalue weighted by Gasteiger charge is -2.07. The Kier molecular flexibility index (Phi) is 4.26. The van der Waals surface area contributed by atoms with Crippen LogP contribution in [-0.4, -0.2) is 18.4 Å². The molecule has 0 spiro atoms. The lowest BCUT2D eigenvalue weighted by molar-refractivity contribution is 0.0471. The van der Waals surface area contributed by atoms with Gasteiger partial charge in [0.25, 0.3) is 0 Å². The van der Waals surface area contributed by atoms with Crippen LogP contribution in [0.15, 0.2) is 82.0 Å². The molecule has 0 aliphatic carbocycles. The van der Waals surface area contributed by atoms with Gasteiger partial charge in [-0.05, 0) is 22.9 Å². The van der Waals surface area contributed by atoms with E-state index in [0.29, 0.717) is 16.5 Å². The summed E-state index contributed by atoms with van der Waals surface area (Å²) in [6.07, 6.45) is 0. The van der Waals surface area contributed by atoms with Gasteiger partial charge in [-0.25, -0.2) is 9.59 Å². The molecular weight excluding hydrogens is 344 g/mol. The van der Waals surface area contributed by atoms with Gasteiger partial charge in [0.1, 0.15) is 11.1 Å². The summed E-state index contributed by atoms with van der Waals surface area (Å²) >= 11 is 0. The maximum Gasteiger partial charge on any atom is 0.351 e. The molecule has 4 rings (SSSR count). The number of hydrogen-bond acceptors (Lipinski definition) is 5. The molecule has 0 unspecified atom stereocenters. The average molecular weight is 358 g/mol. The molecule has 0 radical (unpaired) electrons. The van der Waals surface area contributed by atoms with Crippen LogP contribution in [0.25, 0.3) is 21.7 Å². The third-order valence-electron chi connectivity index (χ3n) is 4.29. The Hall–Kier alpha value is -3.73. The van der Waals surface area contributed by atoms with Gasteiger partial charge in [0.05, 0.1) is 0 Å². The average Bonchev–Trinajstić information content (AvgIpc) is 2.70. The number of hydrogen-bond donors (Lipinski definition) is 0. The molecule has 0 aliphatic rings. The molecule has 4 aromatic rings. The number of carbonyl (C=O) groups excluding carboxylic acids is 2. The molecule has 132 valence electrons. The summed E-state index contributed by atoms with van der Waals surface area (Å²) in [5.41, 5.74) is -0.187. The second-order valence-electron chi connectivity index (χ2n) is 6.01. The van der Waals surface area contributed by atoms with Crippen molar-refractivity contribution in [1.29, 1.82) is 0 Å². The number of para-hydroxylation sites is 1. The van der Waals surface area contributed by atoms with Crippen LogP contribution in [0.1, 0.15) is 20.7 Å². The van der Waals surface area contributed by atoms with E-state index in [1.165, 1.54) is 6.07 Å². The fourth-order valence-corrected chi connectivity index (χ4v) is 2.96. The van der Waals surface area contributed by atoms with E-state index < -0.39 is 18.2 Å². The van der Waals surface area contributed by atoms with Crippen molar-refractivity contribution in [3.05, 3.63) is 94.3 Å². The molecule has 3 aromatic carbocycles. The van der Waals surface area contributed by atoms with Gasteiger partial charge in [0.2, 0.25) is 5.78 Å². The second kappa shape index (κ2) is 6.88. The molecule has 0 saturated carbocycles. The molecule has 27 heavy (non-hydrogen) atoms. The Bertz CT molecular complexity index is 1230. The van der Waals surface area contributed by atoms with Crippen molar-refractivity contribution < 1.29 is 18.7 Å². The van der Waals surface area contributed by atoms with E-state index in [-0.39, 0.29) is 11.3 Å². The molecule has 0 bridgehead atoms. The molecule has 0 atom stereocenters. The number of esters is 1. The van der Waals surface area contributed by atoms with Crippen LogP contribution in [0.5, 0.6) is 0 Å². The Balaban J connectivity index is 1.56. The highest BCUT2D eigenvalue weighted by Gasteiger charge is 2.18. The lowest BCUT2D eigenvalue weighted by Crippen LogP contribution is -2.20. The van der Waals surface area contributed by atoms with E-state index in [4.69, 9.17) is 9.15 Å². The summed E-state index contributed by atoms with van der Waals surface area (Å²) in [5.74, 6) is -1.23. The fraction of sp³-hybridized carbons (Fsp3) is 0.0455. The highest BCUT2D eigenvalue weighted by atomic mass is 16.5. The summed E-state index contributed by atoms with van der Waals surface area (Å²) in [6.45, 7) is -0.459. The zero-order chi connectivity index (χ0) is 18.8. The van der Waals surface area contributed by atoms with Crippen molar-refractivity contribution in [1.82, 2.24) is 0 Å². The fourth-order valence-electron chi connectivity index (χ4n) is 2.96. The zero-order valence-corrected chi connectivity index (χ0v) is 14.2. The van der Waals surface area contributed by atoms with E-state index in [1.807, 2.05) is 30.3 Å². The van der Waals surface area contributed by atoms with E-state index in [1.54, 1.807) is 36.4 Å². The molecule has 5 nitrogen and oxygen atoms in total. The minimum atomic E-state index is -0.886. The van der Waals surface area contributed by atoms with Gasteiger partial charge in [0.15, 0.2) is 6.61 Å². The number of benzene rings is 3. The number of ketones is 1. The van der Waals surface area contributed by atoms with Gasteiger partial charge in [0, 0.05) is 10.9 Å². The van der Waals surface area contributed by atoms with E-state index >= 15 is 0 Å². The summed E-state index contributed by atoms with van der Waals surface area (Å²) in [7, 11) is 0. The quantitative estimate of drug-likeness (QED) is 0.313. The highest BCUT2D eigenvalue weighted by molar-refractivity contribution is 6.09. The van der Waals surface area contributed by atoms with E-state index in [0.717, 1.165) is 10.8 Å². The first-order valence-electron chi connectivity index (χ1n) is 8.34. The number of fused-ring (bicyclic) bond motifs is 2. The van der Waals surface area contributed by atoms with Crippen LogP contribution in [0.2, 0.25) is 0 Å². The SMILES string of the molecule is O=C(OCC(=O)c1cccc2ccccc12)c1cc2ccccc2oc1=O. The van der Waals surface area contributed by atoms with Crippen LogP contribution < -0.4 is 5.63 Å². The van der Waals surface area contributed by atoms with Gasteiger partial charge in [-0.2, -0.15) is 0 Å². The first-order valence-corrected chi connectivity index (χ1v) is 8.34. The van der Waals surface area contributed by atoms with Crippen molar-refractivity contribution >= 4 is 33.5 Å². The Morgan fingerprint density at radius 3 is 2.37 bits per heavy atom. The minimum absolute atomic E-state index is 0.237. The highest BCUT2D eigenvalue weighted by Crippen LogP contribution is 2.19. The normalized spacial score (nSPS) is 10.8. The van der Waals surface area contributed by atoms with Gasteiger partial charge in [-0.15, -0.1) is 0 Å². The lowest BCUT2D eigenvalue weighted by atomic mass is 10.0. The summed E-state index contributed by atoms with van der Waals surface area (Å²) in [6, 6.07) is 21.1. The summed E-state index contributed by atoms with van der Waals surface area (Å²) < 4.78 is 10.2. The maximum atomic E-state index is 12.5. The van der Waals surface area contributed by atoms with Crippen molar-refractivity contribution in [2.24, 2.45) is 0 Å². The molecule has 0 saturated heterocycles. The van der Waals surface area contributed by atoms with Crippen molar-refractivity contribution in [2.75, 3.05) is 6.61 Å². The predicted molar refractivity (Wildman–Crippen MR) is 101 cm³/mol. The first-order chi connectivity index (χ1) is 13.1. The third kappa shape index (κ3) is 3.22. The van der Waals surface area contributed by atoms with Crippen molar-refractivity contribution in [2.45, 2.75) is 0 Å². The van der Waals surface area contributed by atoms with Gasteiger partial charge in [-0.3, -0.25) is 4.79 Å². The minimum Gasteiger partial charge on any atom is -0.453 e. The molecule has 0 N–H and O–H groups in total. The second-order valence-corrected chi connectivity index (χ2v) is 6.01. The molecule has 0 aliphatic heterocycles. The maximum absolute atomic E-state index is 12.5. The number of Topliss-reactive ketones (excluding diaryl/α,β-unsaturated/α-hetero) is 1. The first kappa shape index (κ1) is 16.7. The molecule has 0 amide bonds. The smallest absolute Gasteiger partial charge is 0.351 e. The van der Waals surface area contributed by atoms with Crippen LogP contribution in [0.3, 0.4) is 0 Å². The standard InChI is InChI=1S/C22H14O5/c23-19(17-10-5-8-14-6-1-3-9-16(14)17)13-26-21(24)18-12-15-7-2-4-11-20(15)27-22(18)25/h1-12H,13H2. The van der Waals surface area contributed by atoms with Gasteiger partial charge < -0.3 is 9.15 Å². The van der Waals surface area contributed by atoms with E-state index in [9.17, 15) is 14.4 Å². The predicted octanol–water partition coefficient (Wildman–Crippen LogP) is 3.99. The van der Waals surface area contributed by atoms with Gasteiger partial charge >= 0.3 is 11.6 Å². The Morgan fingerprint density at radius 2 is 1.52 bits per heavy atom. The Morgan fingerprint density at radius 1 is 0.815 bits per heavy atom. The molecular formula is C22H14O5. The monoisotopic (exact) mass is 358 g/mol. The van der Waals surface area contributed by atoms with Crippen LogP contribution in [0.4, 0.5) is 0 Å². The van der Waals surface area contributed by atoms with E-state index in [2.05, 4.69) is 0 Å². The molecule has 5 heteroatoms. The zero-order valence-electron chi connectivity index (χ0n) is 14.2. The number of rotatable bonds is 4. The largest absolute Gasteiger partial charge is 0.453 e. The summed E-state index contributed by atoms with van der Waals surface area (Å²) in [5, 5.41) is 2.31. The van der Waals surface area contributed by atoms with Crippen molar-refractivity contribution in [3.8, 4) is 0 Å². The molecule has 1 aromatic heterocycles. The van der Waals surface area contributed by atoms with Gasteiger partial charge in [-0.1, -0.05) is 60.7 Å². The van der Waals surface area contributed by atoms with Crippen LogP contribution in [0, 0.1) is 0 Å². The number of carbonyl (C=O) groups is 2. The number of ether oxygens (including phenoxy) is 1. The third-order valence-corrected chi connectivity index (χ3v) is 4.29. The van der Waals surface area contributed by atoms with Crippen LogP contribution >= 0.6 is 0 Å². The van der Waals surface area contributed by atoms with Crippen molar-refractivity contribution in [3.63, 3.8) is 0 Å². The summed E-state index contributed by atoms with van der Waals surface area (Å²) in [4.78, 5) is 36.8. The van der Waals surface area contributed by atoms with Crippen LogP contribution in [-0.2, 0) is 4.74 Å².